The van der Waals surface area contributed by atoms with E-state index < -0.39 is 21.5 Å². The lowest BCUT2D eigenvalue weighted by molar-refractivity contribution is -0.148. The summed E-state index contributed by atoms with van der Waals surface area (Å²) in [7, 11) is -2.54. The van der Waals surface area contributed by atoms with Crippen LogP contribution in [0.25, 0.3) is 0 Å². The molecule has 2 N–H and O–H groups in total. The molecule has 0 spiro atoms. The molecule has 1 saturated heterocycles. The van der Waals surface area contributed by atoms with Crippen LogP contribution in [-0.2, 0) is 18.8 Å². The third-order valence-corrected chi connectivity index (χ3v) is 3.19. The Morgan fingerprint density at radius 3 is 2.45 bits per heavy atom. The zero-order valence-electron chi connectivity index (χ0n) is 13.5. The van der Waals surface area contributed by atoms with Gasteiger partial charge in [0.1, 0.15) is 6.61 Å². The molecule has 1 atom stereocenters. The highest BCUT2D eigenvalue weighted by atomic mass is 31.2. The van der Waals surface area contributed by atoms with Crippen LogP contribution >= 0.6 is 8.60 Å². The maximum Gasteiger partial charge on any atom is 0.412 e. The van der Waals surface area contributed by atoms with E-state index in [0.29, 0.717) is 6.54 Å². The normalized spacial score (nSPS) is 17.3. The van der Waals surface area contributed by atoms with Crippen molar-refractivity contribution in [1.82, 2.24) is 4.90 Å². The molecule has 0 aliphatic carbocycles. The van der Waals surface area contributed by atoms with Gasteiger partial charge in [0.2, 0.25) is 6.79 Å². The van der Waals surface area contributed by atoms with E-state index in [1.807, 2.05) is 13.8 Å². The molecule has 1 aliphatic heterocycles. The molecule has 1 heterocycles. The van der Waals surface area contributed by atoms with Gasteiger partial charge in [0.05, 0.1) is 12.0 Å². The van der Waals surface area contributed by atoms with Gasteiger partial charge in [0.25, 0.3) is 0 Å². The fraction of sp³-hybridized carbons (Fsp3) is 0.846. The van der Waals surface area contributed by atoms with Crippen LogP contribution in [-0.4, -0.2) is 52.7 Å². The van der Waals surface area contributed by atoms with E-state index in [-0.39, 0.29) is 24.5 Å². The van der Waals surface area contributed by atoms with Crippen molar-refractivity contribution < 1.29 is 33.4 Å². The lowest BCUT2D eigenvalue weighted by Crippen LogP contribution is -2.39. The first-order chi connectivity index (χ1) is 10.4. The van der Waals surface area contributed by atoms with Gasteiger partial charge < -0.3 is 24.2 Å². The minimum Gasteiger partial charge on any atom is -0.463 e. The zero-order valence-corrected chi connectivity index (χ0v) is 14.4. The highest BCUT2D eigenvalue weighted by Gasteiger charge is 2.31. The molecule has 1 unspecified atom stereocenters. The molecule has 8 nitrogen and oxygen atoms in total. The summed E-state index contributed by atoms with van der Waals surface area (Å²) in [6, 6.07) is -0.213. The first kappa shape index (κ1) is 21.0. The van der Waals surface area contributed by atoms with Crippen molar-refractivity contribution in [2.75, 3.05) is 19.9 Å². The van der Waals surface area contributed by atoms with Gasteiger partial charge in [-0.25, -0.2) is 4.79 Å². The van der Waals surface area contributed by atoms with Crippen molar-refractivity contribution in [2.24, 2.45) is 5.92 Å². The summed E-state index contributed by atoms with van der Waals surface area (Å²) in [5.41, 5.74) is 0. The number of ether oxygens (including phenoxy) is 2. The van der Waals surface area contributed by atoms with Crippen LogP contribution in [0.5, 0.6) is 0 Å². The molecule has 1 fully saturated rings. The van der Waals surface area contributed by atoms with Crippen LogP contribution in [0.15, 0.2) is 0 Å². The Bertz CT molecular complexity index is 338. The highest BCUT2D eigenvalue weighted by molar-refractivity contribution is 7.39. The number of esters is 1. The maximum atomic E-state index is 11.7. The molecule has 1 aliphatic rings. The average Bonchev–Trinajstić information content (AvgIpc) is 2.94. The summed E-state index contributed by atoms with van der Waals surface area (Å²) in [5, 5.41) is 0. The smallest absolute Gasteiger partial charge is 0.412 e. The van der Waals surface area contributed by atoms with Crippen molar-refractivity contribution >= 4 is 20.7 Å². The summed E-state index contributed by atoms with van der Waals surface area (Å²) in [6.45, 7) is 7.60. The van der Waals surface area contributed by atoms with Gasteiger partial charge in [-0.2, -0.15) is 0 Å². The zero-order chi connectivity index (χ0) is 17.1. The largest absolute Gasteiger partial charge is 0.463 e. The van der Waals surface area contributed by atoms with Crippen LogP contribution in [0, 0.1) is 5.92 Å². The minimum absolute atomic E-state index is 0.139. The predicted molar refractivity (Wildman–Crippen MR) is 80.7 cm³/mol. The number of likely N-dealkylation sites (tertiary alicyclic amines) is 1. The minimum atomic E-state index is -2.54. The number of nitrogens with zero attached hydrogens (tertiary/aromatic N) is 1. The lowest BCUT2D eigenvalue weighted by atomic mass is 10.2. The van der Waals surface area contributed by atoms with Crippen molar-refractivity contribution in [3.63, 3.8) is 0 Å². The molecule has 130 valence electrons. The SMILES string of the molecule is CC.CC(C)C(=O)OCC1CCCN1C(=O)OCOP(O)O. The van der Waals surface area contributed by atoms with E-state index in [1.165, 1.54) is 4.90 Å². The van der Waals surface area contributed by atoms with Crippen LogP contribution < -0.4 is 0 Å². The summed E-state index contributed by atoms with van der Waals surface area (Å²) >= 11 is 0. The van der Waals surface area contributed by atoms with Crippen molar-refractivity contribution in [3.05, 3.63) is 0 Å². The van der Waals surface area contributed by atoms with Gasteiger partial charge in [0, 0.05) is 6.54 Å². The average molecular weight is 339 g/mol. The summed E-state index contributed by atoms with van der Waals surface area (Å²) < 4.78 is 14.2. The van der Waals surface area contributed by atoms with Gasteiger partial charge in [-0.1, -0.05) is 27.7 Å². The second-order valence-corrected chi connectivity index (χ2v) is 5.45. The summed E-state index contributed by atoms with van der Waals surface area (Å²) in [4.78, 5) is 41.6. The summed E-state index contributed by atoms with van der Waals surface area (Å²) in [6.07, 6.45) is 0.908. The first-order valence-corrected chi connectivity index (χ1v) is 8.49. The van der Waals surface area contributed by atoms with Gasteiger partial charge in [-0.3, -0.25) is 9.32 Å². The molecular formula is C13H26NO7P. The maximum absolute atomic E-state index is 11.7. The Kier molecular flexibility index (Phi) is 11.1. The predicted octanol–water partition coefficient (Wildman–Crippen LogP) is 2.00. The van der Waals surface area contributed by atoms with Crippen LogP contribution in [0.3, 0.4) is 0 Å². The molecule has 0 bridgehead atoms. The van der Waals surface area contributed by atoms with E-state index >= 15 is 0 Å². The third kappa shape index (κ3) is 7.89. The fourth-order valence-corrected chi connectivity index (χ4v) is 1.95. The van der Waals surface area contributed by atoms with E-state index in [2.05, 4.69) is 4.52 Å². The van der Waals surface area contributed by atoms with E-state index in [0.717, 1.165) is 12.8 Å². The number of hydrogen-bond donors (Lipinski definition) is 2. The topological polar surface area (TPSA) is 106 Å². The number of carbonyl (C=O) groups excluding carboxylic acids is 2. The van der Waals surface area contributed by atoms with E-state index in [9.17, 15) is 9.59 Å². The molecule has 0 aromatic rings. The quantitative estimate of drug-likeness (QED) is 0.433. The first-order valence-electron chi connectivity index (χ1n) is 7.32. The molecule has 0 aromatic heterocycles. The van der Waals surface area contributed by atoms with Crippen LogP contribution in [0.4, 0.5) is 4.79 Å². The number of rotatable bonds is 6. The molecule has 9 heteroatoms. The lowest BCUT2D eigenvalue weighted by Gasteiger charge is -2.23. The number of carbonyl (C=O) groups is 2. The van der Waals surface area contributed by atoms with Gasteiger partial charge in [0.15, 0.2) is 0 Å². The number of hydrogen-bond acceptors (Lipinski definition) is 7. The fourth-order valence-electron chi connectivity index (χ4n) is 1.80. The Hall–Kier alpha value is -0.950. The Balaban J connectivity index is 0.00000211. The third-order valence-electron chi connectivity index (χ3n) is 2.85. The van der Waals surface area contributed by atoms with Gasteiger partial charge >= 0.3 is 20.7 Å². The molecule has 0 saturated carbocycles. The van der Waals surface area contributed by atoms with Crippen LogP contribution in [0.1, 0.15) is 40.5 Å². The Morgan fingerprint density at radius 1 is 1.27 bits per heavy atom. The monoisotopic (exact) mass is 339 g/mol. The second-order valence-electron chi connectivity index (χ2n) is 4.68. The Labute approximate surface area is 132 Å². The van der Waals surface area contributed by atoms with E-state index in [4.69, 9.17) is 19.3 Å². The van der Waals surface area contributed by atoms with Crippen molar-refractivity contribution in [2.45, 2.75) is 46.6 Å². The Morgan fingerprint density at radius 2 is 1.91 bits per heavy atom. The molecule has 0 aromatic carbocycles. The second kappa shape index (κ2) is 11.6. The van der Waals surface area contributed by atoms with Gasteiger partial charge in [-0.05, 0) is 12.8 Å². The molecule has 0 radical (unpaired) electrons. The molecule has 1 rings (SSSR count). The van der Waals surface area contributed by atoms with Crippen molar-refractivity contribution in [1.29, 1.82) is 0 Å². The number of amides is 1. The van der Waals surface area contributed by atoms with E-state index in [1.54, 1.807) is 13.8 Å². The standard InChI is InChI=1S/C11H20NO7P.C2H6/c1-8(2)10(13)17-6-9-4-3-5-12(9)11(14)18-7-19-20(15)16;1-2/h8-9,15-16H,3-7H2,1-2H3;1-2H3. The molecule has 1 amide bonds. The van der Waals surface area contributed by atoms with Crippen LogP contribution in [0.2, 0.25) is 0 Å². The molecular weight excluding hydrogens is 313 g/mol. The summed E-state index contributed by atoms with van der Waals surface area (Å²) in [5.74, 6) is -0.515. The van der Waals surface area contributed by atoms with Crippen molar-refractivity contribution in [3.8, 4) is 0 Å². The molecule has 22 heavy (non-hydrogen) atoms. The van der Waals surface area contributed by atoms with Gasteiger partial charge in [-0.15, -0.1) is 0 Å². The highest BCUT2D eigenvalue weighted by Crippen LogP contribution is 2.24.